The quantitative estimate of drug-likeness (QED) is 0.781. The second-order valence-electron chi connectivity index (χ2n) is 8.93. The van der Waals surface area contributed by atoms with Crippen molar-refractivity contribution >= 4 is 34.7 Å². The van der Waals surface area contributed by atoms with Crippen LogP contribution in [0.5, 0.6) is 0 Å². The third kappa shape index (κ3) is 3.69. The van der Waals surface area contributed by atoms with Gasteiger partial charge >= 0.3 is 0 Å². The van der Waals surface area contributed by atoms with E-state index in [4.69, 9.17) is 0 Å². The van der Waals surface area contributed by atoms with Gasteiger partial charge in [-0.1, -0.05) is 25.1 Å². The fourth-order valence-electron chi connectivity index (χ4n) is 5.05. The number of amidine groups is 1. The van der Waals surface area contributed by atoms with Gasteiger partial charge in [-0.15, -0.1) is 0 Å². The second kappa shape index (κ2) is 8.42. The molecule has 0 saturated carbocycles. The lowest BCUT2D eigenvalue weighted by Crippen LogP contribution is -2.54. The molecule has 0 aliphatic carbocycles. The van der Waals surface area contributed by atoms with Gasteiger partial charge in [-0.25, -0.2) is 0 Å². The molecule has 8 heteroatoms. The number of hydrogen-bond donors (Lipinski definition) is 1. The molecule has 0 spiro atoms. The molecule has 2 aromatic rings. The molecular weight excluding hydrogens is 416 g/mol. The molecule has 2 atom stereocenters. The lowest BCUT2D eigenvalue weighted by atomic mass is 10.1. The van der Waals surface area contributed by atoms with Crippen LogP contribution in [0.15, 0.2) is 53.6 Å². The van der Waals surface area contributed by atoms with Crippen LogP contribution < -0.4 is 15.1 Å². The summed E-state index contributed by atoms with van der Waals surface area (Å²) in [5, 5.41) is 9.27. The summed E-state index contributed by atoms with van der Waals surface area (Å²) in [5.41, 5.74) is 3.32. The number of piperazine rings is 1. The molecule has 0 aromatic heterocycles. The van der Waals surface area contributed by atoms with Crippen LogP contribution in [-0.2, 0) is 4.79 Å². The number of nitrogens with one attached hydrogen (secondary N) is 1. The van der Waals surface area contributed by atoms with Crippen molar-refractivity contribution in [3.05, 3.63) is 54.1 Å². The first kappa shape index (κ1) is 21.3. The van der Waals surface area contributed by atoms with E-state index in [1.807, 2.05) is 53.2 Å². The summed E-state index contributed by atoms with van der Waals surface area (Å²) in [6.45, 7) is 6.35. The highest BCUT2D eigenvalue weighted by molar-refractivity contribution is 6.15. The molecule has 0 radical (unpaired) electrons. The van der Waals surface area contributed by atoms with Crippen molar-refractivity contribution in [2.24, 2.45) is 5.10 Å². The van der Waals surface area contributed by atoms with E-state index in [0.717, 1.165) is 30.9 Å². The van der Waals surface area contributed by atoms with Gasteiger partial charge in [-0.05, 0) is 43.7 Å². The first-order chi connectivity index (χ1) is 16.0. The molecule has 2 amide bonds. The van der Waals surface area contributed by atoms with Crippen LogP contribution in [0.4, 0.5) is 17.1 Å². The van der Waals surface area contributed by atoms with Crippen molar-refractivity contribution in [2.75, 3.05) is 41.8 Å². The fourth-order valence-corrected chi connectivity index (χ4v) is 5.05. The first-order valence-electron chi connectivity index (χ1n) is 11.6. The summed E-state index contributed by atoms with van der Waals surface area (Å²) in [4.78, 5) is 32.4. The van der Waals surface area contributed by atoms with E-state index in [1.54, 1.807) is 5.01 Å². The van der Waals surface area contributed by atoms with Crippen LogP contribution in [0, 0.1) is 0 Å². The Hall–Kier alpha value is -3.55. The van der Waals surface area contributed by atoms with Crippen molar-refractivity contribution in [3.63, 3.8) is 0 Å². The zero-order chi connectivity index (χ0) is 23.1. The third-order valence-corrected chi connectivity index (χ3v) is 6.62. The van der Waals surface area contributed by atoms with Gasteiger partial charge in [-0.3, -0.25) is 19.5 Å². The Morgan fingerprint density at radius 3 is 2.67 bits per heavy atom. The van der Waals surface area contributed by atoms with Crippen LogP contribution in [0.1, 0.15) is 37.0 Å². The number of carbonyl (C=O) groups is 2. The molecule has 3 aliphatic heterocycles. The van der Waals surface area contributed by atoms with E-state index in [0.29, 0.717) is 24.3 Å². The Balaban J connectivity index is 1.36. The lowest BCUT2D eigenvalue weighted by Gasteiger charge is -2.41. The first-order valence-corrected chi connectivity index (χ1v) is 11.6. The molecule has 3 aliphatic rings. The average molecular weight is 447 g/mol. The minimum Gasteiger partial charge on any atom is -0.365 e. The molecule has 1 N–H and O–H groups in total. The minimum absolute atomic E-state index is 0.00489. The van der Waals surface area contributed by atoms with Crippen molar-refractivity contribution in [1.82, 2.24) is 9.91 Å². The van der Waals surface area contributed by atoms with Crippen LogP contribution >= 0.6 is 0 Å². The number of nitrogens with zero attached hydrogens (tertiary/aromatic N) is 5. The number of amides is 2. The molecule has 2 aromatic carbocycles. The van der Waals surface area contributed by atoms with Gasteiger partial charge in [0.15, 0.2) is 0 Å². The molecule has 0 bridgehead atoms. The Morgan fingerprint density at radius 1 is 1.15 bits per heavy atom. The number of rotatable bonds is 4. The van der Waals surface area contributed by atoms with E-state index in [9.17, 15) is 9.59 Å². The van der Waals surface area contributed by atoms with E-state index in [2.05, 4.69) is 41.3 Å². The largest absolute Gasteiger partial charge is 0.365 e. The van der Waals surface area contributed by atoms with Crippen molar-refractivity contribution in [1.29, 1.82) is 0 Å². The maximum atomic E-state index is 13.4. The third-order valence-electron chi connectivity index (χ3n) is 6.62. The number of likely N-dealkylation sites (N-methyl/N-ethyl adjacent to an activating group) is 1. The predicted molar refractivity (Wildman–Crippen MR) is 131 cm³/mol. The highest BCUT2D eigenvalue weighted by Crippen LogP contribution is 2.37. The smallest absolute Gasteiger partial charge is 0.269 e. The van der Waals surface area contributed by atoms with Crippen molar-refractivity contribution in [3.8, 4) is 0 Å². The summed E-state index contributed by atoms with van der Waals surface area (Å²) < 4.78 is 0. The summed E-state index contributed by atoms with van der Waals surface area (Å²) >= 11 is 0. The molecule has 1 saturated heterocycles. The minimum atomic E-state index is -0.479. The Morgan fingerprint density at radius 2 is 1.94 bits per heavy atom. The predicted octanol–water partition coefficient (Wildman–Crippen LogP) is 3.18. The van der Waals surface area contributed by atoms with Crippen LogP contribution in [-0.4, -0.2) is 66.4 Å². The van der Waals surface area contributed by atoms with Gasteiger partial charge in [0.25, 0.3) is 11.8 Å². The van der Waals surface area contributed by atoms with Crippen LogP contribution in [0.2, 0.25) is 0 Å². The number of anilines is 3. The summed E-state index contributed by atoms with van der Waals surface area (Å²) in [6.07, 6.45) is 1.25. The van der Waals surface area contributed by atoms with Gasteiger partial charge in [0.1, 0.15) is 5.84 Å². The maximum Gasteiger partial charge on any atom is 0.269 e. The standard InChI is InChI=1S/C25H30N6O2/c1-4-8-22-27-28(3)24-23(32)26-20-15-18(11-12-21(20)31(22)24)25(33)29-13-14-30(17(2)16-29)19-9-6-5-7-10-19/h5-7,9-12,15,17,24H,4,8,13-14,16H2,1-3H3,(H,26,32). The molecular formula is C25H30N6O2. The van der Waals surface area contributed by atoms with E-state index >= 15 is 0 Å². The van der Waals surface area contributed by atoms with Crippen molar-refractivity contribution < 1.29 is 9.59 Å². The molecule has 2 unspecified atom stereocenters. The van der Waals surface area contributed by atoms with Crippen LogP contribution in [0.25, 0.3) is 0 Å². The monoisotopic (exact) mass is 446 g/mol. The lowest BCUT2D eigenvalue weighted by molar-refractivity contribution is -0.120. The number of hydrogen-bond acceptors (Lipinski definition) is 6. The SMILES string of the molecule is CCCC1=NN(C)C2C(=O)Nc3cc(C(=O)N4CCN(c5ccccc5)C(C)C4)ccc3N12. The fraction of sp³-hybridized carbons (Fsp3) is 0.400. The number of hydrazone groups is 1. The number of carbonyl (C=O) groups excluding carboxylic acids is 2. The van der Waals surface area contributed by atoms with Gasteiger partial charge in [-0.2, -0.15) is 5.10 Å². The highest BCUT2D eigenvalue weighted by atomic mass is 16.2. The molecule has 1 fully saturated rings. The summed E-state index contributed by atoms with van der Waals surface area (Å²) in [5.74, 6) is 0.746. The van der Waals surface area contributed by atoms with Gasteiger partial charge in [0, 0.05) is 50.4 Å². The van der Waals surface area contributed by atoms with Gasteiger partial charge in [0.05, 0.1) is 11.4 Å². The highest BCUT2D eigenvalue weighted by Gasteiger charge is 2.42. The van der Waals surface area contributed by atoms with Gasteiger partial charge in [0.2, 0.25) is 6.17 Å². The zero-order valence-electron chi connectivity index (χ0n) is 19.4. The second-order valence-corrected chi connectivity index (χ2v) is 8.93. The topological polar surface area (TPSA) is 71.5 Å². The van der Waals surface area contributed by atoms with E-state index in [1.165, 1.54) is 5.69 Å². The maximum absolute atomic E-state index is 13.4. The normalized spacial score (nSPS) is 22.0. The Kier molecular flexibility index (Phi) is 5.44. The summed E-state index contributed by atoms with van der Waals surface area (Å²) in [6, 6.07) is 16.1. The molecule has 3 heterocycles. The Bertz CT molecular complexity index is 1100. The molecule has 5 rings (SSSR count). The van der Waals surface area contributed by atoms with Crippen molar-refractivity contribution in [2.45, 2.75) is 38.9 Å². The van der Waals surface area contributed by atoms with Gasteiger partial charge < -0.3 is 15.1 Å². The van der Waals surface area contributed by atoms with Crippen LogP contribution in [0.3, 0.4) is 0 Å². The molecule has 8 nitrogen and oxygen atoms in total. The average Bonchev–Trinajstić information content (AvgIpc) is 3.15. The number of para-hydroxylation sites is 1. The van der Waals surface area contributed by atoms with E-state index < -0.39 is 6.17 Å². The molecule has 33 heavy (non-hydrogen) atoms. The zero-order valence-corrected chi connectivity index (χ0v) is 19.4. The Labute approximate surface area is 194 Å². The number of fused-ring (bicyclic) bond motifs is 3. The number of benzene rings is 2. The van der Waals surface area contributed by atoms with E-state index in [-0.39, 0.29) is 17.9 Å². The summed E-state index contributed by atoms with van der Waals surface area (Å²) in [7, 11) is 1.82. The molecule has 172 valence electrons.